The molecule has 0 radical (unpaired) electrons. The number of rotatable bonds is 2. The van der Waals surface area contributed by atoms with Crippen LogP contribution in [0.2, 0.25) is 0 Å². The highest BCUT2D eigenvalue weighted by Gasteiger charge is 2.16. The predicted molar refractivity (Wildman–Crippen MR) is 46.1 cm³/mol. The van der Waals surface area contributed by atoms with Gasteiger partial charge in [0, 0.05) is 0 Å². The average molecular weight is 209 g/mol. The van der Waals surface area contributed by atoms with Crippen LogP contribution in [0.15, 0.2) is 10.9 Å². The zero-order valence-corrected chi connectivity index (χ0v) is 7.42. The number of halogens is 2. The van der Waals surface area contributed by atoms with E-state index in [1.54, 1.807) is 12.1 Å². The van der Waals surface area contributed by atoms with Crippen LogP contribution in [0.5, 0.6) is 0 Å². The Kier molecular flexibility index (Phi) is 3.14. The molecule has 1 rings (SSSR count). The van der Waals surface area contributed by atoms with Crippen molar-refractivity contribution in [1.82, 2.24) is 4.98 Å². The van der Waals surface area contributed by atoms with E-state index in [4.69, 9.17) is 10.5 Å². The Balaban J connectivity index is 3.42. The van der Waals surface area contributed by atoms with Gasteiger partial charge in [0.25, 0.3) is 12.0 Å². The first kappa shape index (κ1) is 10.9. The molecule has 0 atom stereocenters. The van der Waals surface area contributed by atoms with E-state index in [9.17, 15) is 13.6 Å². The third-order valence-electron chi connectivity index (χ3n) is 1.77. The van der Waals surface area contributed by atoms with Crippen molar-refractivity contribution >= 4 is 0 Å². The topological polar surface area (TPSA) is 80.4 Å². The summed E-state index contributed by atoms with van der Waals surface area (Å²) in [5.74, 6) is 0. The molecular weight excluding hydrogens is 204 g/mol. The van der Waals surface area contributed by atoms with E-state index in [1.807, 2.05) is 4.98 Å². The van der Waals surface area contributed by atoms with Gasteiger partial charge in [-0.15, -0.1) is 0 Å². The van der Waals surface area contributed by atoms with Gasteiger partial charge in [0.15, 0.2) is 0 Å². The number of nitriles is 2. The zero-order chi connectivity index (χ0) is 11.4. The fourth-order valence-corrected chi connectivity index (χ4v) is 1.10. The minimum Gasteiger partial charge on any atom is -0.320 e. The summed E-state index contributed by atoms with van der Waals surface area (Å²) in [6, 6.07) is 4.26. The molecule has 0 saturated carbocycles. The number of nitrogens with zero attached hydrogens (tertiary/aromatic N) is 2. The quantitative estimate of drug-likeness (QED) is 0.795. The Morgan fingerprint density at radius 3 is 2.60 bits per heavy atom. The molecule has 0 aliphatic rings. The number of hydrogen-bond acceptors (Lipinski definition) is 3. The number of hydrogen-bond donors (Lipinski definition) is 1. The van der Waals surface area contributed by atoms with Gasteiger partial charge in [-0.25, -0.2) is 8.78 Å². The molecule has 0 fully saturated rings. The molecule has 4 nitrogen and oxygen atoms in total. The van der Waals surface area contributed by atoms with Crippen LogP contribution >= 0.6 is 0 Å². The molecule has 0 aliphatic heterocycles. The maximum atomic E-state index is 12.4. The van der Waals surface area contributed by atoms with Crippen molar-refractivity contribution in [3.8, 4) is 12.1 Å². The van der Waals surface area contributed by atoms with E-state index < -0.39 is 17.7 Å². The number of alkyl halides is 2. The number of pyridine rings is 1. The molecular formula is C9H5F2N3O. The lowest BCUT2D eigenvalue weighted by atomic mass is 10.1. The van der Waals surface area contributed by atoms with Gasteiger partial charge in [-0.1, -0.05) is 0 Å². The molecule has 0 aliphatic carbocycles. The van der Waals surface area contributed by atoms with Crippen LogP contribution < -0.4 is 5.56 Å². The third kappa shape index (κ3) is 2.18. The lowest BCUT2D eigenvalue weighted by Crippen LogP contribution is -2.15. The lowest BCUT2D eigenvalue weighted by molar-refractivity contribution is 0.144. The van der Waals surface area contributed by atoms with Crippen molar-refractivity contribution in [1.29, 1.82) is 10.5 Å². The molecule has 0 aromatic carbocycles. The van der Waals surface area contributed by atoms with Crippen molar-refractivity contribution in [3.05, 3.63) is 33.2 Å². The van der Waals surface area contributed by atoms with E-state index in [0.29, 0.717) is 0 Å². The second-order valence-corrected chi connectivity index (χ2v) is 2.70. The van der Waals surface area contributed by atoms with Crippen molar-refractivity contribution in [2.45, 2.75) is 12.8 Å². The van der Waals surface area contributed by atoms with Crippen LogP contribution in [-0.4, -0.2) is 4.98 Å². The maximum absolute atomic E-state index is 12.4. The van der Waals surface area contributed by atoms with Gasteiger partial charge in [0.05, 0.1) is 18.2 Å². The molecule has 76 valence electrons. The summed E-state index contributed by atoms with van der Waals surface area (Å²) in [7, 11) is 0. The summed E-state index contributed by atoms with van der Waals surface area (Å²) in [5, 5.41) is 16.9. The molecule has 1 aromatic rings. The van der Waals surface area contributed by atoms with Crippen LogP contribution in [-0.2, 0) is 6.42 Å². The summed E-state index contributed by atoms with van der Waals surface area (Å²) in [6.45, 7) is 0. The van der Waals surface area contributed by atoms with Crippen LogP contribution in [0, 0.1) is 22.7 Å². The molecule has 1 aromatic heterocycles. The van der Waals surface area contributed by atoms with Gasteiger partial charge in [0.1, 0.15) is 11.6 Å². The van der Waals surface area contributed by atoms with E-state index in [1.165, 1.54) is 0 Å². The summed E-state index contributed by atoms with van der Waals surface area (Å²) in [6.07, 6.45) is -3.14. The third-order valence-corrected chi connectivity index (χ3v) is 1.77. The Bertz CT molecular complexity index is 508. The standard InChI is InChI=1S/C9H5F2N3O/c10-8(11)7-5(1-2-12)3-6(4-13)9(15)14-7/h3,8H,1H2,(H,14,15). The lowest BCUT2D eigenvalue weighted by Gasteiger charge is -2.05. The zero-order valence-electron chi connectivity index (χ0n) is 7.42. The summed E-state index contributed by atoms with van der Waals surface area (Å²) in [4.78, 5) is 12.9. The SMILES string of the molecule is N#CCc1cc(C#N)c(=O)[nH]c1C(F)F. The highest BCUT2D eigenvalue weighted by atomic mass is 19.3. The monoisotopic (exact) mass is 209 g/mol. The fourth-order valence-electron chi connectivity index (χ4n) is 1.10. The van der Waals surface area contributed by atoms with Crippen LogP contribution in [0.3, 0.4) is 0 Å². The van der Waals surface area contributed by atoms with Gasteiger partial charge in [-0.05, 0) is 11.6 Å². The second-order valence-electron chi connectivity index (χ2n) is 2.70. The highest BCUT2D eigenvalue weighted by Crippen LogP contribution is 2.20. The Morgan fingerprint density at radius 2 is 2.13 bits per heavy atom. The number of H-pyrrole nitrogens is 1. The summed E-state index contributed by atoms with van der Waals surface area (Å²) in [5.41, 5.74) is -1.76. The van der Waals surface area contributed by atoms with Crippen molar-refractivity contribution < 1.29 is 8.78 Å². The van der Waals surface area contributed by atoms with Crippen molar-refractivity contribution in [2.75, 3.05) is 0 Å². The number of nitrogens with one attached hydrogen (secondary N) is 1. The molecule has 0 amide bonds. The molecule has 0 spiro atoms. The molecule has 0 bridgehead atoms. The maximum Gasteiger partial charge on any atom is 0.278 e. The minimum absolute atomic E-state index is 0.0244. The second kappa shape index (κ2) is 4.34. The molecule has 15 heavy (non-hydrogen) atoms. The van der Waals surface area contributed by atoms with Crippen LogP contribution in [0.1, 0.15) is 23.2 Å². The number of aromatic amines is 1. The Morgan fingerprint density at radius 1 is 1.47 bits per heavy atom. The Labute approximate surface area is 83.4 Å². The van der Waals surface area contributed by atoms with E-state index in [-0.39, 0.29) is 17.5 Å². The first-order valence-corrected chi connectivity index (χ1v) is 3.91. The smallest absolute Gasteiger partial charge is 0.278 e. The largest absolute Gasteiger partial charge is 0.320 e. The molecule has 1 N–H and O–H groups in total. The van der Waals surface area contributed by atoms with Gasteiger partial charge in [-0.2, -0.15) is 10.5 Å². The van der Waals surface area contributed by atoms with Gasteiger partial charge in [0.2, 0.25) is 0 Å². The summed E-state index contributed by atoms with van der Waals surface area (Å²) >= 11 is 0. The fraction of sp³-hybridized carbons (Fsp3) is 0.222. The van der Waals surface area contributed by atoms with Crippen LogP contribution in [0.4, 0.5) is 8.78 Å². The van der Waals surface area contributed by atoms with Crippen LogP contribution in [0.25, 0.3) is 0 Å². The normalized spacial score (nSPS) is 9.67. The molecule has 1 heterocycles. The predicted octanol–water partition coefficient (Wildman–Crippen LogP) is 1.25. The average Bonchev–Trinajstić information content (AvgIpc) is 2.20. The van der Waals surface area contributed by atoms with Crippen molar-refractivity contribution in [3.63, 3.8) is 0 Å². The van der Waals surface area contributed by atoms with Gasteiger partial charge in [-0.3, -0.25) is 4.79 Å². The van der Waals surface area contributed by atoms with Gasteiger partial charge < -0.3 is 4.98 Å². The highest BCUT2D eigenvalue weighted by molar-refractivity contribution is 5.34. The van der Waals surface area contributed by atoms with Gasteiger partial charge >= 0.3 is 0 Å². The molecule has 6 heteroatoms. The van der Waals surface area contributed by atoms with Crippen molar-refractivity contribution in [2.24, 2.45) is 0 Å². The first-order valence-electron chi connectivity index (χ1n) is 3.91. The van der Waals surface area contributed by atoms with E-state index in [0.717, 1.165) is 6.07 Å². The molecule has 0 saturated heterocycles. The van der Waals surface area contributed by atoms with E-state index in [2.05, 4.69) is 0 Å². The Hall–Kier alpha value is -2.21. The number of aromatic nitrogens is 1. The first-order chi connectivity index (χ1) is 7.10. The summed E-state index contributed by atoms with van der Waals surface area (Å²) < 4.78 is 24.8. The molecule has 0 unspecified atom stereocenters. The van der Waals surface area contributed by atoms with E-state index >= 15 is 0 Å². The minimum atomic E-state index is -2.87.